The molecule has 3 N–H and O–H groups in total. The van der Waals surface area contributed by atoms with Gasteiger partial charge in [-0.15, -0.1) is 0 Å². The molecule has 2 aromatic carbocycles. The molecule has 0 radical (unpaired) electrons. The Kier molecular flexibility index (Phi) is 5.52. The number of nitrogens with one attached hydrogen (secondary N) is 3. The van der Waals surface area contributed by atoms with Gasteiger partial charge in [0.25, 0.3) is 5.91 Å². The minimum atomic E-state index is -0.256. The van der Waals surface area contributed by atoms with Crippen molar-refractivity contribution in [1.82, 2.24) is 9.88 Å². The number of likely N-dealkylation sites (tertiary alicyclic amines) is 1. The van der Waals surface area contributed by atoms with Crippen LogP contribution in [-0.2, 0) is 9.59 Å². The molecule has 154 valence electrons. The van der Waals surface area contributed by atoms with E-state index in [0.29, 0.717) is 30.0 Å². The van der Waals surface area contributed by atoms with Gasteiger partial charge in [0, 0.05) is 54.1 Å². The van der Waals surface area contributed by atoms with Crippen LogP contribution in [0.15, 0.2) is 54.7 Å². The SMILES string of the molecule is CC(=O)Nc1ccc(NC(=O)[C@H]2CCCN(C(=O)c3ccc4[nH]ccc4c3)C2)cc1. The Hall–Kier alpha value is -3.61. The van der Waals surface area contributed by atoms with Crippen LogP contribution in [0.1, 0.15) is 30.1 Å². The normalized spacial score (nSPS) is 16.3. The minimum Gasteiger partial charge on any atom is -0.361 e. The van der Waals surface area contributed by atoms with Crippen molar-refractivity contribution in [2.24, 2.45) is 5.92 Å². The maximum atomic E-state index is 13.0. The summed E-state index contributed by atoms with van der Waals surface area (Å²) < 4.78 is 0. The zero-order chi connectivity index (χ0) is 21.1. The highest BCUT2D eigenvalue weighted by atomic mass is 16.2. The molecule has 3 amide bonds. The summed E-state index contributed by atoms with van der Waals surface area (Å²) in [4.78, 5) is 41.7. The van der Waals surface area contributed by atoms with E-state index in [-0.39, 0.29) is 23.6 Å². The van der Waals surface area contributed by atoms with E-state index >= 15 is 0 Å². The predicted octanol–water partition coefficient (Wildman–Crippen LogP) is 3.62. The lowest BCUT2D eigenvalue weighted by Crippen LogP contribution is -2.43. The molecule has 0 bridgehead atoms. The topological polar surface area (TPSA) is 94.3 Å². The molecular weight excluding hydrogens is 380 g/mol. The molecule has 1 aliphatic rings. The van der Waals surface area contributed by atoms with E-state index in [1.54, 1.807) is 29.2 Å². The fourth-order valence-corrected chi connectivity index (χ4v) is 3.83. The van der Waals surface area contributed by atoms with Crippen LogP contribution in [0.3, 0.4) is 0 Å². The van der Waals surface area contributed by atoms with Crippen molar-refractivity contribution in [3.8, 4) is 0 Å². The summed E-state index contributed by atoms with van der Waals surface area (Å²) in [6, 6.07) is 14.5. The van der Waals surface area contributed by atoms with Gasteiger partial charge in [0.05, 0.1) is 5.92 Å². The third kappa shape index (κ3) is 4.35. The Morgan fingerprint density at radius 2 is 1.73 bits per heavy atom. The van der Waals surface area contributed by atoms with Gasteiger partial charge in [-0.25, -0.2) is 0 Å². The Bertz CT molecular complexity index is 1090. The lowest BCUT2D eigenvalue weighted by molar-refractivity contribution is -0.121. The number of anilines is 2. The lowest BCUT2D eigenvalue weighted by Gasteiger charge is -2.32. The second kappa shape index (κ2) is 8.41. The molecule has 0 aliphatic carbocycles. The van der Waals surface area contributed by atoms with E-state index in [1.165, 1.54) is 6.92 Å². The number of carbonyl (C=O) groups excluding carboxylic acids is 3. The van der Waals surface area contributed by atoms with E-state index in [2.05, 4.69) is 15.6 Å². The Balaban J connectivity index is 1.39. The number of H-pyrrole nitrogens is 1. The molecule has 7 nitrogen and oxygen atoms in total. The number of benzene rings is 2. The first kappa shape index (κ1) is 19.7. The Morgan fingerprint density at radius 3 is 2.47 bits per heavy atom. The second-order valence-electron chi connectivity index (χ2n) is 7.62. The first-order valence-corrected chi connectivity index (χ1v) is 10.0. The first-order valence-electron chi connectivity index (χ1n) is 10.0. The molecule has 0 saturated carbocycles. The van der Waals surface area contributed by atoms with E-state index in [0.717, 1.165) is 23.7 Å². The number of amides is 3. The molecule has 2 heterocycles. The van der Waals surface area contributed by atoms with Gasteiger partial charge in [0.2, 0.25) is 11.8 Å². The van der Waals surface area contributed by atoms with Crippen LogP contribution < -0.4 is 10.6 Å². The molecule has 1 atom stereocenters. The van der Waals surface area contributed by atoms with Gasteiger partial charge in [0.15, 0.2) is 0 Å². The lowest BCUT2D eigenvalue weighted by atomic mass is 9.96. The van der Waals surface area contributed by atoms with Gasteiger partial charge >= 0.3 is 0 Å². The summed E-state index contributed by atoms with van der Waals surface area (Å²) in [6.07, 6.45) is 3.39. The van der Waals surface area contributed by atoms with Crippen molar-refractivity contribution >= 4 is 40.0 Å². The summed E-state index contributed by atoms with van der Waals surface area (Å²) >= 11 is 0. The van der Waals surface area contributed by atoms with E-state index in [4.69, 9.17) is 0 Å². The zero-order valence-corrected chi connectivity index (χ0v) is 16.8. The van der Waals surface area contributed by atoms with Crippen molar-refractivity contribution in [2.75, 3.05) is 23.7 Å². The Morgan fingerprint density at radius 1 is 1.00 bits per heavy atom. The number of nitrogens with zero attached hydrogens (tertiary/aromatic N) is 1. The van der Waals surface area contributed by atoms with Crippen LogP contribution in [0.2, 0.25) is 0 Å². The first-order chi connectivity index (χ1) is 14.5. The number of aromatic amines is 1. The van der Waals surface area contributed by atoms with Crippen LogP contribution in [0.25, 0.3) is 10.9 Å². The van der Waals surface area contributed by atoms with Crippen LogP contribution in [0, 0.1) is 5.92 Å². The van der Waals surface area contributed by atoms with Crippen molar-refractivity contribution in [3.63, 3.8) is 0 Å². The molecule has 3 aromatic rings. The maximum Gasteiger partial charge on any atom is 0.253 e. The molecule has 1 saturated heterocycles. The van der Waals surface area contributed by atoms with Crippen LogP contribution in [-0.4, -0.2) is 40.7 Å². The molecule has 0 spiro atoms. The number of carbonyl (C=O) groups is 3. The van der Waals surface area contributed by atoms with Crippen molar-refractivity contribution in [1.29, 1.82) is 0 Å². The van der Waals surface area contributed by atoms with Gasteiger partial charge in [-0.1, -0.05) is 0 Å². The molecule has 30 heavy (non-hydrogen) atoms. The highest BCUT2D eigenvalue weighted by molar-refractivity contribution is 5.99. The van der Waals surface area contributed by atoms with Crippen molar-refractivity contribution < 1.29 is 14.4 Å². The zero-order valence-electron chi connectivity index (χ0n) is 16.8. The minimum absolute atomic E-state index is 0.0461. The smallest absolute Gasteiger partial charge is 0.253 e. The van der Waals surface area contributed by atoms with Gasteiger partial charge < -0.3 is 20.5 Å². The Labute approximate surface area is 174 Å². The monoisotopic (exact) mass is 404 g/mol. The fourth-order valence-electron chi connectivity index (χ4n) is 3.83. The third-order valence-corrected chi connectivity index (χ3v) is 5.35. The number of piperidine rings is 1. The maximum absolute atomic E-state index is 13.0. The number of aromatic nitrogens is 1. The molecule has 7 heteroatoms. The molecule has 1 fully saturated rings. The summed E-state index contributed by atoms with van der Waals surface area (Å²) in [5.41, 5.74) is 2.97. The standard InChI is InChI=1S/C23H24N4O3/c1-15(28)25-19-5-7-20(8-6-19)26-22(29)18-3-2-12-27(14-18)23(30)17-4-9-21-16(13-17)10-11-24-21/h4-11,13,18,24H,2-3,12,14H2,1H3,(H,25,28)(H,26,29)/t18-/m0/s1. The van der Waals surface area contributed by atoms with E-state index in [9.17, 15) is 14.4 Å². The van der Waals surface area contributed by atoms with Crippen LogP contribution in [0.4, 0.5) is 11.4 Å². The van der Waals surface area contributed by atoms with Gasteiger partial charge in [-0.2, -0.15) is 0 Å². The average Bonchev–Trinajstić information content (AvgIpc) is 3.22. The van der Waals surface area contributed by atoms with Crippen LogP contribution >= 0.6 is 0 Å². The average molecular weight is 404 g/mol. The summed E-state index contributed by atoms with van der Waals surface area (Å²) in [5, 5.41) is 6.61. The van der Waals surface area contributed by atoms with Crippen molar-refractivity contribution in [3.05, 3.63) is 60.3 Å². The van der Waals surface area contributed by atoms with E-state index in [1.807, 2.05) is 30.5 Å². The van der Waals surface area contributed by atoms with Crippen molar-refractivity contribution in [2.45, 2.75) is 19.8 Å². The summed E-state index contributed by atoms with van der Waals surface area (Å²) in [7, 11) is 0. The fraction of sp³-hybridized carbons (Fsp3) is 0.261. The molecular formula is C23H24N4O3. The number of hydrogen-bond acceptors (Lipinski definition) is 3. The van der Waals surface area contributed by atoms with E-state index < -0.39 is 0 Å². The number of fused-ring (bicyclic) bond motifs is 1. The molecule has 4 rings (SSSR count). The highest BCUT2D eigenvalue weighted by Gasteiger charge is 2.29. The van der Waals surface area contributed by atoms with Gasteiger partial charge in [0.1, 0.15) is 0 Å². The van der Waals surface area contributed by atoms with Crippen LogP contribution in [0.5, 0.6) is 0 Å². The highest BCUT2D eigenvalue weighted by Crippen LogP contribution is 2.23. The molecule has 1 aliphatic heterocycles. The second-order valence-corrected chi connectivity index (χ2v) is 7.62. The van der Waals surface area contributed by atoms with Gasteiger partial charge in [-0.05, 0) is 61.4 Å². The molecule has 0 unspecified atom stereocenters. The number of hydrogen-bond donors (Lipinski definition) is 3. The third-order valence-electron chi connectivity index (χ3n) is 5.35. The number of rotatable bonds is 4. The largest absolute Gasteiger partial charge is 0.361 e. The van der Waals surface area contributed by atoms with Gasteiger partial charge in [-0.3, -0.25) is 14.4 Å². The quantitative estimate of drug-likeness (QED) is 0.620. The summed E-state index contributed by atoms with van der Waals surface area (Å²) in [6.45, 7) is 2.50. The predicted molar refractivity (Wildman–Crippen MR) is 116 cm³/mol. The summed E-state index contributed by atoms with van der Waals surface area (Å²) in [5.74, 6) is -0.542. The molecule has 1 aromatic heterocycles.